The smallest absolute Gasteiger partial charge is 0.322 e. The molecule has 8 heteroatoms. The van der Waals surface area contributed by atoms with Gasteiger partial charge in [0.15, 0.2) is 0 Å². The van der Waals surface area contributed by atoms with Gasteiger partial charge in [0.2, 0.25) is 17.1 Å². The number of rotatable bonds is 3. The van der Waals surface area contributed by atoms with E-state index in [1.807, 2.05) is 18.7 Å². The molecule has 0 atom stereocenters. The van der Waals surface area contributed by atoms with E-state index in [0.29, 0.717) is 32.0 Å². The van der Waals surface area contributed by atoms with Gasteiger partial charge in [-0.05, 0) is 25.4 Å². The molecule has 1 aromatic heterocycles. The van der Waals surface area contributed by atoms with Crippen LogP contribution in [0.2, 0.25) is 5.28 Å². The quantitative estimate of drug-likeness (QED) is 0.878. The molecular weight excluding hydrogens is 270 g/mol. The summed E-state index contributed by atoms with van der Waals surface area (Å²) in [6.07, 6.45) is 0.364. The van der Waals surface area contributed by atoms with E-state index in [9.17, 15) is 4.79 Å². The number of carbonyl (C=O) groups excluding carboxylic acids is 1. The summed E-state index contributed by atoms with van der Waals surface area (Å²) in [5.41, 5.74) is 0. The Kier molecular flexibility index (Phi) is 4.36. The maximum atomic E-state index is 11.3. The van der Waals surface area contributed by atoms with Crippen molar-refractivity contribution in [3.8, 4) is 6.01 Å². The molecule has 2 rings (SSSR count). The first-order valence-electron chi connectivity index (χ1n) is 6.14. The molecule has 1 amide bonds. The zero-order valence-corrected chi connectivity index (χ0v) is 11.6. The van der Waals surface area contributed by atoms with Gasteiger partial charge < -0.3 is 15.0 Å². The van der Waals surface area contributed by atoms with Gasteiger partial charge in [-0.15, -0.1) is 0 Å². The van der Waals surface area contributed by atoms with Crippen LogP contribution in [0.3, 0.4) is 0 Å². The number of nitrogens with zero attached hydrogens (tertiary/aromatic N) is 4. The maximum Gasteiger partial charge on any atom is 0.322 e. The number of halogens is 1. The maximum absolute atomic E-state index is 11.3. The minimum atomic E-state index is -0.0429. The number of amides is 1. The van der Waals surface area contributed by atoms with Crippen molar-refractivity contribution in [2.45, 2.75) is 26.4 Å². The van der Waals surface area contributed by atoms with Gasteiger partial charge in [-0.3, -0.25) is 4.79 Å². The van der Waals surface area contributed by atoms with Crippen LogP contribution in [0.25, 0.3) is 0 Å². The number of carbonyl (C=O) groups is 1. The summed E-state index contributed by atoms with van der Waals surface area (Å²) >= 11 is 5.87. The molecule has 1 saturated heterocycles. The Balaban J connectivity index is 2.18. The standard InChI is InChI=1S/C11H16ClN5O2/c1-7(2)19-11-15-9(12)14-10(16-11)17-5-3-8(18)13-4-6-17/h7H,3-6H2,1-2H3,(H,13,18). The second kappa shape index (κ2) is 6.01. The normalized spacial score (nSPS) is 16.2. The summed E-state index contributed by atoms with van der Waals surface area (Å²) in [5.74, 6) is 0.466. The van der Waals surface area contributed by atoms with Gasteiger partial charge in [0.1, 0.15) is 0 Å². The van der Waals surface area contributed by atoms with Crippen LogP contribution >= 0.6 is 11.6 Å². The van der Waals surface area contributed by atoms with Gasteiger partial charge in [0, 0.05) is 26.1 Å². The summed E-state index contributed by atoms with van der Waals surface area (Å²) in [6, 6.07) is 0.202. The molecule has 1 aliphatic rings. The highest BCUT2D eigenvalue weighted by Crippen LogP contribution is 2.16. The van der Waals surface area contributed by atoms with Gasteiger partial charge in [0.05, 0.1) is 6.10 Å². The van der Waals surface area contributed by atoms with Crippen LogP contribution in [-0.2, 0) is 4.79 Å². The topological polar surface area (TPSA) is 80.2 Å². The first-order valence-corrected chi connectivity index (χ1v) is 6.52. The highest BCUT2D eigenvalue weighted by molar-refractivity contribution is 6.28. The van der Waals surface area contributed by atoms with Crippen LogP contribution in [0.15, 0.2) is 0 Å². The largest absolute Gasteiger partial charge is 0.461 e. The molecule has 0 saturated carbocycles. The average molecular weight is 286 g/mol. The van der Waals surface area contributed by atoms with Gasteiger partial charge in [-0.25, -0.2) is 0 Å². The minimum absolute atomic E-state index is 0.0290. The van der Waals surface area contributed by atoms with Gasteiger partial charge >= 0.3 is 6.01 Å². The van der Waals surface area contributed by atoms with Crippen molar-refractivity contribution in [3.63, 3.8) is 0 Å². The van der Waals surface area contributed by atoms with Crippen molar-refractivity contribution < 1.29 is 9.53 Å². The Morgan fingerprint density at radius 1 is 1.32 bits per heavy atom. The molecule has 0 aliphatic carbocycles. The molecule has 2 heterocycles. The SMILES string of the molecule is CC(C)Oc1nc(Cl)nc(N2CCNC(=O)CC2)n1. The van der Waals surface area contributed by atoms with Crippen molar-refractivity contribution in [2.24, 2.45) is 0 Å². The lowest BCUT2D eigenvalue weighted by molar-refractivity contribution is -0.120. The number of hydrogen-bond donors (Lipinski definition) is 1. The summed E-state index contributed by atoms with van der Waals surface area (Å²) in [6.45, 7) is 5.50. The van der Waals surface area contributed by atoms with Gasteiger partial charge in [0.25, 0.3) is 0 Å². The predicted molar refractivity (Wildman–Crippen MR) is 70.4 cm³/mol. The van der Waals surface area contributed by atoms with E-state index in [0.717, 1.165) is 0 Å². The zero-order chi connectivity index (χ0) is 13.8. The Labute approximate surface area is 116 Å². The van der Waals surface area contributed by atoms with Crippen molar-refractivity contribution in [3.05, 3.63) is 5.28 Å². The fourth-order valence-corrected chi connectivity index (χ4v) is 1.84. The molecule has 0 bridgehead atoms. The molecule has 1 aromatic rings. The molecule has 7 nitrogen and oxygen atoms in total. The number of nitrogens with one attached hydrogen (secondary N) is 1. The number of hydrogen-bond acceptors (Lipinski definition) is 6. The lowest BCUT2D eigenvalue weighted by Gasteiger charge is -2.19. The van der Waals surface area contributed by atoms with Gasteiger partial charge in [-0.1, -0.05) is 0 Å². The first-order chi connectivity index (χ1) is 9.04. The summed E-state index contributed by atoms with van der Waals surface area (Å²) < 4.78 is 5.42. The lowest BCUT2D eigenvalue weighted by Crippen LogP contribution is -2.30. The van der Waals surface area contributed by atoms with Crippen molar-refractivity contribution in [1.82, 2.24) is 20.3 Å². The fourth-order valence-electron chi connectivity index (χ4n) is 1.69. The van der Waals surface area contributed by atoms with Crippen LogP contribution in [-0.4, -0.2) is 46.6 Å². The Bertz CT molecular complexity index is 468. The second-order valence-electron chi connectivity index (χ2n) is 4.44. The molecule has 0 radical (unpaired) electrons. The highest BCUT2D eigenvalue weighted by atomic mass is 35.5. The summed E-state index contributed by atoms with van der Waals surface area (Å²) in [4.78, 5) is 25.4. The first kappa shape index (κ1) is 13.8. The van der Waals surface area contributed by atoms with E-state index >= 15 is 0 Å². The Morgan fingerprint density at radius 3 is 2.84 bits per heavy atom. The van der Waals surface area contributed by atoms with Crippen molar-refractivity contribution in [2.75, 3.05) is 24.5 Å². The lowest BCUT2D eigenvalue weighted by atomic mass is 10.4. The predicted octanol–water partition coefficient (Wildman–Crippen LogP) is 0.638. The second-order valence-corrected chi connectivity index (χ2v) is 4.78. The highest BCUT2D eigenvalue weighted by Gasteiger charge is 2.18. The van der Waals surface area contributed by atoms with Crippen LogP contribution in [0.4, 0.5) is 5.95 Å². The van der Waals surface area contributed by atoms with Crippen LogP contribution in [0.5, 0.6) is 6.01 Å². The average Bonchev–Trinajstić information content (AvgIpc) is 2.52. The third kappa shape index (κ3) is 3.92. The van der Waals surface area contributed by atoms with E-state index in [2.05, 4.69) is 20.3 Å². The molecule has 0 unspecified atom stereocenters. The molecule has 104 valence electrons. The summed E-state index contributed by atoms with van der Waals surface area (Å²) in [5, 5.41) is 2.88. The van der Waals surface area contributed by atoms with Gasteiger partial charge in [-0.2, -0.15) is 15.0 Å². The van der Waals surface area contributed by atoms with Crippen LogP contribution in [0, 0.1) is 0 Å². The third-order valence-electron chi connectivity index (χ3n) is 2.51. The molecule has 19 heavy (non-hydrogen) atoms. The molecular formula is C11H16ClN5O2. The minimum Gasteiger partial charge on any atom is -0.461 e. The molecule has 0 spiro atoms. The monoisotopic (exact) mass is 285 g/mol. The molecule has 1 fully saturated rings. The van der Waals surface area contributed by atoms with E-state index in [1.165, 1.54) is 0 Å². The molecule has 1 N–H and O–H groups in total. The third-order valence-corrected chi connectivity index (χ3v) is 2.68. The number of ether oxygens (including phenoxy) is 1. The Hall–Kier alpha value is -1.63. The van der Waals surface area contributed by atoms with Crippen molar-refractivity contribution in [1.29, 1.82) is 0 Å². The van der Waals surface area contributed by atoms with Crippen LogP contribution < -0.4 is 15.0 Å². The zero-order valence-electron chi connectivity index (χ0n) is 10.9. The fraction of sp³-hybridized carbons (Fsp3) is 0.636. The van der Waals surface area contributed by atoms with E-state index in [1.54, 1.807) is 0 Å². The molecule has 1 aliphatic heterocycles. The number of anilines is 1. The van der Waals surface area contributed by atoms with E-state index in [-0.39, 0.29) is 23.3 Å². The Morgan fingerprint density at radius 2 is 2.11 bits per heavy atom. The van der Waals surface area contributed by atoms with Crippen molar-refractivity contribution >= 4 is 23.5 Å². The summed E-state index contributed by atoms with van der Waals surface area (Å²) in [7, 11) is 0. The van der Waals surface area contributed by atoms with E-state index in [4.69, 9.17) is 16.3 Å². The number of aromatic nitrogens is 3. The van der Waals surface area contributed by atoms with Crippen LogP contribution in [0.1, 0.15) is 20.3 Å². The van der Waals surface area contributed by atoms with E-state index < -0.39 is 0 Å². The molecule has 0 aromatic carbocycles.